The van der Waals surface area contributed by atoms with Crippen molar-refractivity contribution >= 4 is 23.5 Å². The summed E-state index contributed by atoms with van der Waals surface area (Å²) in [6.07, 6.45) is 7.12. The molecule has 0 saturated carbocycles. The van der Waals surface area contributed by atoms with Crippen LogP contribution in [0.15, 0.2) is 24.3 Å². The van der Waals surface area contributed by atoms with Gasteiger partial charge in [-0.1, -0.05) is 57.6 Å². The van der Waals surface area contributed by atoms with Crippen molar-refractivity contribution in [2.45, 2.75) is 64.8 Å². The lowest BCUT2D eigenvalue weighted by atomic mass is 10.0. The first kappa shape index (κ1) is 21.7. The molecule has 0 saturated heterocycles. The van der Waals surface area contributed by atoms with Gasteiger partial charge in [-0.05, 0) is 18.6 Å². The van der Waals surface area contributed by atoms with E-state index in [2.05, 4.69) is 17.6 Å². The number of nitrogens with one attached hydrogen (secondary N) is 2. The summed E-state index contributed by atoms with van der Waals surface area (Å²) in [5.41, 5.74) is 0.736. The van der Waals surface area contributed by atoms with Crippen molar-refractivity contribution < 1.29 is 19.1 Å². The van der Waals surface area contributed by atoms with Crippen LogP contribution in [0.3, 0.4) is 0 Å². The number of hydrogen-bond donors (Lipinski definition) is 2. The largest absolute Gasteiger partial charge is 0.467 e. The second kappa shape index (κ2) is 12.1. The van der Waals surface area contributed by atoms with Crippen molar-refractivity contribution in [1.29, 1.82) is 0 Å². The van der Waals surface area contributed by atoms with Gasteiger partial charge in [0.2, 0.25) is 5.91 Å². The third-order valence-corrected chi connectivity index (χ3v) is 4.12. The van der Waals surface area contributed by atoms with Crippen LogP contribution in [0.1, 0.15) is 69.2 Å². The molecular weight excluding hydrogens is 332 g/mol. The van der Waals surface area contributed by atoms with Crippen molar-refractivity contribution in [2.75, 3.05) is 12.4 Å². The van der Waals surface area contributed by atoms with Crippen LogP contribution in [0.5, 0.6) is 0 Å². The zero-order valence-electron chi connectivity index (χ0n) is 16.0. The quantitative estimate of drug-likeness (QED) is 0.465. The van der Waals surface area contributed by atoms with E-state index < -0.39 is 17.9 Å². The SMILES string of the molecule is CCCCCCCC[C@H](NC(=O)c1ccccc1NC(C)=O)C(=O)OC. The Morgan fingerprint density at radius 2 is 1.69 bits per heavy atom. The molecule has 0 aromatic heterocycles. The molecule has 0 spiro atoms. The molecule has 1 aromatic rings. The Bertz CT molecular complexity index is 601. The maximum Gasteiger partial charge on any atom is 0.328 e. The first-order valence-corrected chi connectivity index (χ1v) is 9.24. The number of carbonyl (C=O) groups is 3. The fourth-order valence-electron chi connectivity index (χ4n) is 2.74. The average Bonchev–Trinajstić information content (AvgIpc) is 2.62. The predicted octanol–water partition coefficient (Wildman–Crippen LogP) is 3.67. The molecule has 0 aliphatic carbocycles. The molecule has 0 heterocycles. The van der Waals surface area contributed by atoms with Gasteiger partial charge < -0.3 is 15.4 Å². The van der Waals surface area contributed by atoms with Crippen molar-refractivity contribution in [1.82, 2.24) is 5.32 Å². The van der Waals surface area contributed by atoms with Gasteiger partial charge >= 0.3 is 5.97 Å². The molecule has 0 unspecified atom stereocenters. The molecule has 0 bridgehead atoms. The van der Waals surface area contributed by atoms with Gasteiger partial charge in [0.05, 0.1) is 18.4 Å². The van der Waals surface area contributed by atoms with Crippen molar-refractivity contribution in [3.05, 3.63) is 29.8 Å². The zero-order valence-corrected chi connectivity index (χ0v) is 16.0. The summed E-state index contributed by atoms with van der Waals surface area (Å²) in [6, 6.07) is 6.01. The van der Waals surface area contributed by atoms with Gasteiger partial charge in [-0.25, -0.2) is 4.79 Å². The Hall–Kier alpha value is -2.37. The predicted molar refractivity (Wildman–Crippen MR) is 102 cm³/mol. The van der Waals surface area contributed by atoms with Gasteiger partial charge in [0.25, 0.3) is 5.91 Å². The van der Waals surface area contributed by atoms with Crippen LogP contribution in [0.25, 0.3) is 0 Å². The maximum atomic E-state index is 12.6. The number of rotatable bonds is 11. The molecule has 0 aliphatic rings. The molecule has 144 valence electrons. The van der Waals surface area contributed by atoms with E-state index in [1.54, 1.807) is 24.3 Å². The van der Waals surface area contributed by atoms with Crippen LogP contribution in [-0.4, -0.2) is 30.9 Å². The number of unbranched alkanes of at least 4 members (excludes halogenated alkanes) is 5. The minimum atomic E-state index is -0.691. The topological polar surface area (TPSA) is 84.5 Å². The summed E-state index contributed by atoms with van der Waals surface area (Å²) in [5.74, 6) is -1.12. The molecule has 26 heavy (non-hydrogen) atoms. The Kier molecular flexibility index (Phi) is 10.1. The average molecular weight is 362 g/mol. The van der Waals surface area contributed by atoms with Gasteiger partial charge in [0, 0.05) is 6.92 Å². The van der Waals surface area contributed by atoms with Gasteiger partial charge in [-0.15, -0.1) is 0 Å². The summed E-state index contributed by atoms with van der Waals surface area (Å²) in [4.78, 5) is 35.9. The molecule has 1 atom stereocenters. The highest BCUT2D eigenvalue weighted by atomic mass is 16.5. The summed E-state index contributed by atoms with van der Waals surface area (Å²) < 4.78 is 4.82. The van der Waals surface area contributed by atoms with E-state index in [-0.39, 0.29) is 5.91 Å². The molecule has 6 heteroatoms. The van der Waals surface area contributed by atoms with Crippen LogP contribution in [0.4, 0.5) is 5.69 Å². The first-order chi connectivity index (χ1) is 12.5. The van der Waals surface area contributed by atoms with Crippen LogP contribution in [-0.2, 0) is 14.3 Å². The van der Waals surface area contributed by atoms with Gasteiger partial charge in [0.1, 0.15) is 6.04 Å². The van der Waals surface area contributed by atoms with E-state index in [4.69, 9.17) is 4.74 Å². The van der Waals surface area contributed by atoms with E-state index in [0.717, 1.165) is 19.3 Å². The van der Waals surface area contributed by atoms with Crippen LogP contribution < -0.4 is 10.6 Å². The van der Waals surface area contributed by atoms with Gasteiger partial charge in [-0.2, -0.15) is 0 Å². The molecule has 1 rings (SSSR count). The lowest BCUT2D eigenvalue weighted by molar-refractivity contribution is -0.143. The highest BCUT2D eigenvalue weighted by molar-refractivity contribution is 6.04. The molecule has 0 radical (unpaired) electrons. The van der Waals surface area contributed by atoms with E-state index >= 15 is 0 Å². The summed E-state index contributed by atoms with van der Waals surface area (Å²) in [6.45, 7) is 3.55. The fraction of sp³-hybridized carbons (Fsp3) is 0.550. The number of benzene rings is 1. The number of methoxy groups -OCH3 is 1. The standard InChI is InChI=1S/C20H30N2O4/c1-4-5-6-7-8-9-14-18(20(25)26-3)22-19(24)16-12-10-11-13-17(16)21-15(2)23/h10-13,18H,4-9,14H2,1-3H3,(H,21,23)(H,22,24)/t18-/m0/s1. The molecule has 6 nitrogen and oxygen atoms in total. The summed E-state index contributed by atoms with van der Waals surface area (Å²) in [7, 11) is 1.31. The number of hydrogen-bond acceptors (Lipinski definition) is 4. The Labute approximate surface area is 155 Å². The second-order valence-electron chi connectivity index (χ2n) is 6.33. The van der Waals surface area contributed by atoms with Crippen LogP contribution >= 0.6 is 0 Å². The van der Waals surface area contributed by atoms with Crippen LogP contribution in [0, 0.1) is 0 Å². The highest BCUT2D eigenvalue weighted by Crippen LogP contribution is 2.16. The molecule has 2 amide bonds. The Balaban J connectivity index is 2.68. The lowest BCUT2D eigenvalue weighted by Crippen LogP contribution is -2.41. The zero-order chi connectivity index (χ0) is 19.4. The van der Waals surface area contributed by atoms with Crippen molar-refractivity contribution in [3.8, 4) is 0 Å². The van der Waals surface area contributed by atoms with Gasteiger partial charge in [-0.3, -0.25) is 9.59 Å². The number of carbonyl (C=O) groups excluding carboxylic acids is 3. The maximum absolute atomic E-state index is 12.6. The minimum absolute atomic E-state index is 0.262. The normalized spacial score (nSPS) is 11.5. The van der Waals surface area contributed by atoms with Crippen molar-refractivity contribution in [3.63, 3.8) is 0 Å². The molecule has 1 aromatic carbocycles. The van der Waals surface area contributed by atoms with E-state index in [1.807, 2.05) is 0 Å². The van der Waals surface area contributed by atoms with E-state index in [0.29, 0.717) is 17.7 Å². The molecule has 0 fully saturated rings. The summed E-state index contributed by atoms with van der Waals surface area (Å²) >= 11 is 0. The fourth-order valence-corrected chi connectivity index (χ4v) is 2.74. The van der Waals surface area contributed by atoms with Crippen LogP contribution in [0.2, 0.25) is 0 Å². The number of anilines is 1. The third kappa shape index (κ3) is 7.68. The first-order valence-electron chi connectivity index (χ1n) is 9.24. The van der Waals surface area contributed by atoms with Gasteiger partial charge in [0.15, 0.2) is 0 Å². The summed E-state index contributed by atoms with van der Waals surface area (Å²) in [5, 5.41) is 5.36. The monoisotopic (exact) mass is 362 g/mol. The highest BCUT2D eigenvalue weighted by Gasteiger charge is 2.23. The Morgan fingerprint density at radius 3 is 2.35 bits per heavy atom. The molecule has 2 N–H and O–H groups in total. The lowest BCUT2D eigenvalue weighted by Gasteiger charge is -2.17. The molecular formula is C20H30N2O4. The number of esters is 1. The number of para-hydroxylation sites is 1. The second-order valence-corrected chi connectivity index (χ2v) is 6.33. The third-order valence-electron chi connectivity index (χ3n) is 4.12. The van der Waals surface area contributed by atoms with E-state index in [1.165, 1.54) is 33.3 Å². The Morgan fingerprint density at radius 1 is 1.04 bits per heavy atom. The molecule has 0 aliphatic heterocycles. The minimum Gasteiger partial charge on any atom is -0.467 e. The number of amides is 2. The smallest absolute Gasteiger partial charge is 0.328 e. The van der Waals surface area contributed by atoms with E-state index in [9.17, 15) is 14.4 Å². The number of ether oxygens (including phenoxy) is 1. The van der Waals surface area contributed by atoms with Crippen molar-refractivity contribution in [2.24, 2.45) is 0 Å².